The molecule has 0 aliphatic heterocycles. The van der Waals surface area contributed by atoms with Gasteiger partial charge >= 0.3 is 0 Å². The van der Waals surface area contributed by atoms with Crippen LogP contribution in [0.5, 0.6) is 0 Å². The van der Waals surface area contributed by atoms with Crippen molar-refractivity contribution in [3.8, 4) is 5.82 Å². The summed E-state index contributed by atoms with van der Waals surface area (Å²) in [6.07, 6.45) is 2.05. The van der Waals surface area contributed by atoms with E-state index >= 15 is 0 Å². The van der Waals surface area contributed by atoms with Crippen molar-refractivity contribution >= 4 is 10.9 Å². The Bertz CT molecular complexity index is 646. The fourth-order valence-corrected chi connectivity index (χ4v) is 2.02. The molecule has 1 aromatic carbocycles. The highest BCUT2D eigenvalue weighted by atomic mass is 15.3. The molecule has 0 unspecified atom stereocenters. The molecule has 79 valence electrons. The summed E-state index contributed by atoms with van der Waals surface area (Å²) >= 11 is 0. The summed E-state index contributed by atoms with van der Waals surface area (Å²) in [5.74, 6) is 0.971. The van der Waals surface area contributed by atoms with Crippen molar-refractivity contribution in [1.29, 1.82) is 0 Å². The number of fused-ring (bicyclic) bond motifs is 1. The van der Waals surface area contributed by atoms with Crippen LogP contribution in [0.1, 0.15) is 5.69 Å². The van der Waals surface area contributed by atoms with Gasteiger partial charge in [0.2, 0.25) is 0 Å². The van der Waals surface area contributed by atoms with Gasteiger partial charge in [-0.15, -0.1) is 0 Å². The van der Waals surface area contributed by atoms with E-state index in [4.69, 9.17) is 0 Å². The minimum absolute atomic E-state index is 0.912. The smallest absolute Gasteiger partial charge is 0.143 e. The number of hydrogen-bond donors (Lipinski definition) is 0. The maximum Gasteiger partial charge on any atom is 0.143 e. The van der Waals surface area contributed by atoms with Crippen LogP contribution in [-0.4, -0.2) is 14.3 Å². The van der Waals surface area contributed by atoms with Crippen molar-refractivity contribution in [1.82, 2.24) is 14.3 Å². The fourth-order valence-electron chi connectivity index (χ4n) is 2.02. The summed E-state index contributed by atoms with van der Waals surface area (Å²) < 4.78 is 3.96. The molecule has 0 fully saturated rings. The predicted octanol–water partition coefficient (Wildman–Crippen LogP) is 2.47. The molecule has 0 aliphatic carbocycles. The number of hydrogen-bond acceptors (Lipinski definition) is 1. The average molecular weight is 210 g/mol. The lowest BCUT2D eigenvalue weighted by molar-refractivity contribution is 0.728. The molecule has 0 spiro atoms. The normalized spacial score (nSPS) is 11.1. The topological polar surface area (TPSA) is 22.8 Å². The number of aromatic nitrogens is 3. The van der Waals surface area contributed by atoms with Crippen LogP contribution in [-0.2, 0) is 7.05 Å². The zero-order chi connectivity index (χ0) is 11.1. The molecule has 0 atom stereocenters. The van der Waals surface area contributed by atoms with E-state index in [0.717, 1.165) is 11.5 Å². The summed E-state index contributed by atoms with van der Waals surface area (Å²) in [5.41, 5.74) is 2.09. The van der Waals surface area contributed by atoms with Crippen LogP contribution in [0.3, 0.4) is 0 Å². The van der Waals surface area contributed by atoms with E-state index in [0.29, 0.717) is 0 Å². The van der Waals surface area contributed by atoms with Crippen LogP contribution in [0.2, 0.25) is 0 Å². The Balaban J connectivity index is 2.30. The second-order valence-electron chi connectivity index (χ2n) is 3.90. The molecule has 0 aliphatic rings. The van der Waals surface area contributed by atoms with Crippen molar-refractivity contribution in [3.63, 3.8) is 0 Å². The molecular formula is C13H12N3. The fraction of sp³-hybridized carbons (Fsp3) is 0.154. The number of para-hydroxylation sites is 1. The third kappa shape index (κ3) is 1.25. The van der Waals surface area contributed by atoms with Gasteiger partial charge in [-0.3, -0.25) is 4.68 Å². The maximum absolute atomic E-state index is 4.31. The monoisotopic (exact) mass is 210 g/mol. The molecule has 0 bridgehead atoms. The van der Waals surface area contributed by atoms with Crippen LogP contribution < -0.4 is 0 Å². The van der Waals surface area contributed by atoms with Gasteiger partial charge in [0.15, 0.2) is 0 Å². The molecule has 3 rings (SSSR count). The van der Waals surface area contributed by atoms with Crippen molar-refractivity contribution < 1.29 is 0 Å². The molecule has 0 saturated carbocycles. The lowest BCUT2D eigenvalue weighted by Crippen LogP contribution is -2.01. The Morgan fingerprint density at radius 2 is 2.00 bits per heavy atom. The second kappa shape index (κ2) is 3.23. The van der Waals surface area contributed by atoms with Crippen LogP contribution in [0, 0.1) is 13.0 Å². The standard InChI is InChI=1S/C13H12N3/c1-10-9-13(15(2)14-10)16-8-7-11-5-3-4-6-12(11)16/h3-8H,1-2H3. The van der Waals surface area contributed by atoms with E-state index in [2.05, 4.69) is 40.1 Å². The lowest BCUT2D eigenvalue weighted by Gasteiger charge is -2.04. The molecule has 3 aromatic rings. The van der Waals surface area contributed by atoms with Crippen LogP contribution in [0.25, 0.3) is 16.7 Å². The SMILES string of the molecule is Cc1[c]c(-n2ccc3ccccc32)n(C)n1. The van der Waals surface area contributed by atoms with Gasteiger partial charge in [0.1, 0.15) is 5.82 Å². The number of rotatable bonds is 1. The van der Waals surface area contributed by atoms with Gasteiger partial charge in [-0.2, -0.15) is 5.10 Å². The van der Waals surface area contributed by atoms with Crippen LogP contribution >= 0.6 is 0 Å². The first kappa shape index (κ1) is 9.21. The maximum atomic E-state index is 4.31. The van der Waals surface area contributed by atoms with E-state index in [1.54, 1.807) is 0 Å². The van der Waals surface area contributed by atoms with Crippen molar-refractivity contribution in [2.45, 2.75) is 6.92 Å². The number of aryl methyl sites for hydroxylation is 2. The molecule has 0 N–H and O–H groups in total. The van der Waals surface area contributed by atoms with E-state index in [1.807, 2.05) is 30.8 Å². The highest BCUT2D eigenvalue weighted by molar-refractivity contribution is 5.81. The van der Waals surface area contributed by atoms with E-state index in [9.17, 15) is 0 Å². The molecule has 16 heavy (non-hydrogen) atoms. The van der Waals surface area contributed by atoms with Gasteiger partial charge in [-0.1, -0.05) is 18.2 Å². The van der Waals surface area contributed by atoms with E-state index in [-0.39, 0.29) is 0 Å². The Morgan fingerprint density at radius 1 is 1.19 bits per heavy atom. The lowest BCUT2D eigenvalue weighted by atomic mass is 10.2. The molecule has 0 amide bonds. The van der Waals surface area contributed by atoms with Gasteiger partial charge < -0.3 is 4.57 Å². The second-order valence-corrected chi connectivity index (χ2v) is 3.90. The zero-order valence-corrected chi connectivity index (χ0v) is 9.31. The molecular weight excluding hydrogens is 198 g/mol. The van der Waals surface area contributed by atoms with Crippen LogP contribution in [0.4, 0.5) is 0 Å². The molecule has 3 nitrogen and oxygen atoms in total. The Kier molecular flexibility index (Phi) is 1.86. The molecule has 2 heterocycles. The number of benzene rings is 1. The minimum atomic E-state index is 0.912. The van der Waals surface area contributed by atoms with Gasteiger partial charge in [0, 0.05) is 13.2 Å². The van der Waals surface area contributed by atoms with E-state index < -0.39 is 0 Å². The minimum Gasteiger partial charge on any atom is -0.301 e. The Morgan fingerprint density at radius 3 is 2.75 bits per heavy atom. The van der Waals surface area contributed by atoms with Crippen molar-refractivity contribution in [2.24, 2.45) is 7.05 Å². The molecule has 2 aromatic heterocycles. The first-order chi connectivity index (χ1) is 7.75. The first-order valence-electron chi connectivity index (χ1n) is 5.25. The molecule has 0 saturated heterocycles. The highest BCUT2D eigenvalue weighted by Crippen LogP contribution is 2.19. The molecule has 1 radical (unpaired) electrons. The third-order valence-electron chi connectivity index (χ3n) is 2.73. The first-order valence-corrected chi connectivity index (χ1v) is 5.25. The highest BCUT2D eigenvalue weighted by Gasteiger charge is 2.07. The average Bonchev–Trinajstić information content (AvgIpc) is 2.81. The Labute approximate surface area is 93.9 Å². The zero-order valence-electron chi connectivity index (χ0n) is 9.31. The third-order valence-corrected chi connectivity index (χ3v) is 2.73. The summed E-state index contributed by atoms with van der Waals surface area (Å²) in [7, 11) is 1.94. The predicted molar refractivity (Wildman–Crippen MR) is 63.6 cm³/mol. The Hall–Kier alpha value is -2.03. The van der Waals surface area contributed by atoms with Gasteiger partial charge in [0.25, 0.3) is 0 Å². The van der Waals surface area contributed by atoms with Crippen LogP contribution in [0.15, 0.2) is 36.5 Å². The van der Waals surface area contributed by atoms with Crippen molar-refractivity contribution in [2.75, 3.05) is 0 Å². The summed E-state index contributed by atoms with van der Waals surface area (Å²) in [6.45, 7) is 1.95. The summed E-state index contributed by atoms with van der Waals surface area (Å²) in [6, 6.07) is 13.7. The van der Waals surface area contributed by atoms with Gasteiger partial charge in [-0.25, -0.2) is 0 Å². The summed E-state index contributed by atoms with van der Waals surface area (Å²) in [4.78, 5) is 0. The van der Waals surface area contributed by atoms with Gasteiger partial charge in [0.05, 0.1) is 17.3 Å². The molecule has 3 heteroatoms. The summed E-state index contributed by atoms with van der Waals surface area (Å²) in [5, 5.41) is 5.55. The largest absolute Gasteiger partial charge is 0.301 e. The van der Waals surface area contributed by atoms with Crippen molar-refractivity contribution in [3.05, 3.63) is 48.3 Å². The quantitative estimate of drug-likeness (QED) is 0.605. The van der Waals surface area contributed by atoms with E-state index in [1.165, 1.54) is 10.9 Å². The van der Waals surface area contributed by atoms with Gasteiger partial charge in [-0.05, 0) is 24.4 Å². The number of nitrogens with zero attached hydrogens (tertiary/aromatic N) is 3.